The quantitative estimate of drug-likeness (QED) is 0.503. The zero-order chi connectivity index (χ0) is 6.95. The van der Waals surface area contributed by atoms with Gasteiger partial charge in [-0.2, -0.15) is 0 Å². The lowest BCUT2D eigenvalue weighted by Crippen LogP contribution is -1.58. The number of allylic oxidation sites excluding steroid dienone is 4. The largest absolute Gasteiger partial charge is 0.0882 e. The fraction of sp³-hybridized carbons (Fsp3) is 0.333. The minimum atomic E-state index is 0.887. The summed E-state index contributed by atoms with van der Waals surface area (Å²) in [6, 6.07) is 0. The van der Waals surface area contributed by atoms with Gasteiger partial charge >= 0.3 is 0 Å². The molecule has 0 bridgehead atoms. The Kier molecular flexibility index (Phi) is 7.05. The molecule has 0 aliphatic heterocycles. The van der Waals surface area contributed by atoms with Crippen LogP contribution >= 0.6 is 0 Å². The molecule has 2 radical (unpaired) electrons. The fourth-order valence-corrected chi connectivity index (χ4v) is 0.507. The maximum atomic E-state index is 3.68. The molecule has 0 unspecified atom stereocenters. The maximum absolute atomic E-state index is 3.68. The van der Waals surface area contributed by atoms with Crippen molar-refractivity contribution in [2.45, 2.75) is 19.3 Å². The molecule has 0 nitrogen and oxygen atoms in total. The van der Waals surface area contributed by atoms with Crippen molar-refractivity contribution in [2.24, 2.45) is 0 Å². The van der Waals surface area contributed by atoms with Gasteiger partial charge in [0.05, 0.1) is 0 Å². The van der Waals surface area contributed by atoms with Crippen molar-refractivity contribution >= 4 is 0 Å². The van der Waals surface area contributed by atoms with E-state index in [0.717, 1.165) is 19.3 Å². The van der Waals surface area contributed by atoms with E-state index in [-0.39, 0.29) is 0 Å². The molecule has 0 heteroatoms. The number of hydrogen-bond donors (Lipinski definition) is 0. The van der Waals surface area contributed by atoms with Gasteiger partial charge in [0, 0.05) is 0 Å². The molecule has 0 saturated heterocycles. The molecule has 0 heterocycles. The summed E-state index contributed by atoms with van der Waals surface area (Å²) in [6.07, 6.45) is 11.1. The molecule has 0 fully saturated rings. The van der Waals surface area contributed by atoms with Crippen LogP contribution in [0.4, 0.5) is 0 Å². The first-order chi connectivity index (χ1) is 4.41. The molecule has 9 heavy (non-hydrogen) atoms. The highest BCUT2D eigenvalue weighted by Gasteiger charge is 1.68. The topological polar surface area (TPSA) is 0 Å². The van der Waals surface area contributed by atoms with Crippen molar-refractivity contribution < 1.29 is 0 Å². The van der Waals surface area contributed by atoms with Gasteiger partial charge in [-0.1, -0.05) is 24.3 Å². The summed E-state index contributed by atoms with van der Waals surface area (Å²) < 4.78 is 0. The third kappa shape index (κ3) is 7.48. The Morgan fingerprint density at radius 2 is 1.22 bits per heavy atom. The van der Waals surface area contributed by atoms with Gasteiger partial charge < -0.3 is 0 Å². The van der Waals surface area contributed by atoms with Gasteiger partial charge in [0.15, 0.2) is 0 Å². The smallest absolute Gasteiger partial charge is 0.0169 e. The number of rotatable bonds is 4. The summed E-state index contributed by atoms with van der Waals surface area (Å²) >= 11 is 0. The molecule has 0 rings (SSSR count). The lowest BCUT2D eigenvalue weighted by molar-refractivity contribution is 1.28. The van der Waals surface area contributed by atoms with Crippen LogP contribution in [0.5, 0.6) is 0 Å². The Bertz CT molecular complexity index is 76.2. The molecule has 0 aliphatic carbocycles. The van der Waals surface area contributed by atoms with E-state index in [0.29, 0.717) is 0 Å². The predicted molar refractivity (Wildman–Crippen MR) is 42.8 cm³/mol. The monoisotopic (exact) mass is 122 g/mol. The Morgan fingerprint density at radius 3 is 1.56 bits per heavy atom. The van der Waals surface area contributed by atoms with Gasteiger partial charge in [-0.3, -0.25) is 0 Å². The van der Waals surface area contributed by atoms with E-state index in [1.165, 1.54) is 0 Å². The fourth-order valence-electron chi connectivity index (χ4n) is 0.507. The highest BCUT2D eigenvalue weighted by atomic mass is 13.7. The first-order valence-electron chi connectivity index (χ1n) is 3.30. The second kappa shape index (κ2) is 7.48. The van der Waals surface area contributed by atoms with Crippen LogP contribution in [0.3, 0.4) is 0 Å². The molecule has 0 aromatic rings. The van der Waals surface area contributed by atoms with Gasteiger partial charge in [-0.05, 0) is 33.1 Å². The van der Waals surface area contributed by atoms with Crippen LogP contribution in [0.15, 0.2) is 24.3 Å². The molecule has 50 valence electrons. The van der Waals surface area contributed by atoms with Gasteiger partial charge in [0.25, 0.3) is 0 Å². The van der Waals surface area contributed by atoms with E-state index in [1.54, 1.807) is 0 Å². The molecule has 0 aromatic carbocycles. The van der Waals surface area contributed by atoms with Crippen LogP contribution in [0.1, 0.15) is 19.3 Å². The summed E-state index contributed by atoms with van der Waals surface area (Å²) in [5.41, 5.74) is 0. The molecule has 0 atom stereocenters. The van der Waals surface area contributed by atoms with Crippen molar-refractivity contribution in [1.29, 1.82) is 0 Å². The van der Waals surface area contributed by atoms with Gasteiger partial charge in [0.1, 0.15) is 0 Å². The van der Waals surface area contributed by atoms with Crippen LogP contribution in [0.25, 0.3) is 0 Å². The molecule has 0 aliphatic rings. The Balaban J connectivity index is 3.08. The first-order valence-corrected chi connectivity index (χ1v) is 3.30. The van der Waals surface area contributed by atoms with Crippen molar-refractivity contribution in [1.82, 2.24) is 0 Å². The summed E-state index contributed by atoms with van der Waals surface area (Å²) in [5.74, 6) is 0. The molecule has 0 saturated carbocycles. The summed E-state index contributed by atoms with van der Waals surface area (Å²) in [7, 11) is 0. The minimum absolute atomic E-state index is 0.887. The third-order valence-electron chi connectivity index (χ3n) is 0.939. The van der Waals surface area contributed by atoms with E-state index in [2.05, 4.69) is 38.2 Å². The van der Waals surface area contributed by atoms with Crippen LogP contribution < -0.4 is 0 Å². The van der Waals surface area contributed by atoms with Crippen molar-refractivity contribution in [3.63, 3.8) is 0 Å². The van der Waals surface area contributed by atoms with Crippen LogP contribution in [-0.4, -0.2) is 0 Å². The van der Waals surface area contributed by atoms with Gasteiger partial charge in [-0.25, -0.2) is 0 Å². The Labute approximate surface area is 58.3 Å². The van der Waals surface area contributed by atoms with E-state index < -0.39 is 0 Å². The molecule has 0 N–H and O–H groups in total. The first kappa shape index (κ1) is 8.48. The van der Waals surface area contributed by atoms with E-state index in [4.69, 9.17) is 0 Å². The average molecular weight is 122 g/mol. The molecular formula is C9H14. The average Bonchev–Trinajstić information content (AvgIpc) is 1.89. The highest BCUT2D eigenvalue weighted by Crippen LogP contribution is 1.88. The second-order valence-electron chi connectivity index (χ2n) is 1.76. The lowest BCUT2D eigenvalue weighted by atomic mass is 10.3. The minimum Gasteiger partial charge on any atom is -0.0882 e. The van der Waals surface area contributed by atoms with Crippen LogP contribution in [0, 0.1) is 13.8 Å². The van der Waals surface area contributed by atoms with Crippen LogP contribution in [-0.2, 0) is 0 Å². The zero-order valence-corrected chi connectivity index (χ0v) is 5.84. The van der Waals surface area contributed by atoms with E-state index in [1.807, 2.05) is 0 Å². The van der Waals surface area contributed by atoms with Crippen molar-refractivity contribution in [3.8, 4) is 0 Å². The standard InChI is InChI=1S/C9H14/c1-3-5-7-9-8-6-4-2/h5-8H,1-4,9H2. The SMILES string of the molecule is [CH2]CC=CCC=CC[CH2]. The molecule has 0 amide bonds. The molecular weight excluding hydrogens is 108 g/mol. The predicted octanol–water partition coefficient (Wildman–Crippen LogP) is 2.94. The summed E-state index contributed by atoms with van der Waals surface area (Å²) in [5, 5.41) is 0. The van der Waals surface area contributed by atoms with Gasteiger partial charge in [0.2, 0.25) is 0 Å². The molecule has 0 spiro atoms. The maximum Gasteiger partial charge on any atom is -0.0169 e. The molecule has 0 aromatic heterocycles. The highest BCUT2D eigenvalue weighted by molar-refractivity contribution is 4.93. The number of hydrogen-bond acceptors (Lipinski definition) is 0. The van der Waals surface area contributed by atoms with Crippen molar-refractivity contribution in [2.75, 3.05) is 0 Å². The second-order valence-corrected chi connectivity index (χ2v) is 1.76. The third-order valence-corrected chi connectivity index (χ3v) is 0.939. The zero-order valence-electron chi connectivity index (χ0n) is 5.84. The Morgan fingerprint density at radius 1 is 0.778 bits per heavy atom. The Hall–Kier alpha value is -0.520. The van der Waals surface area contributed by atoms with Crippen molar-refractivity contribution in [3.05, 3.63) is 38.2 Å². The van der Waals surface area contributed by atoms with Crippen LogP contribution in [0.2, 0.25) is 0 Å². The van der Waals surface area contributed by atoms with Gasteiger partial charge in [-0.15, -0.1) is 0 Å². The summed E-state index contributed by atoms with van der Waals surface area (Å²) in [6.45, 7) is 7.36. The van der Waals surface area contributed by atoms with E-state index in [9.17, 15) is 0 Å². The summed E-state index contributed by atoms with van der Waals surface area (Å²) in [4.78, 5) is 0. The lowest BCUT2D eigenvalue weighted by Gasteiger charge is -1.79. The van der Waals surface area contributed by atoms with E-state index >= 15 is 0 Å². The normalized spacial score (nSPS) is 11.8.